The molecular formula is C15H12ClN3O3S. The fourth-order valence-electron chi connectivity index (χ4n) is 1.97. The van der Waals surface area contributed by atoms with Crippen LogP contribution in [0.25, 0.3) is 4.96 Å². The number of imidazole rings is 1. The molecule has 3 aromatic rings. The number of benzene rings is 1. The number of fused-ring (bicyclic) bond motifs is 1. The number of aromatic nitrogens is 2. The van der Waals surface area contributed by atoms with Gasteiger partial charge in [-0.25, -0.2) is 4.98 Å². The monoisotopic (exact) mass is 349 g/mol. The summed E-state index contributed by atoms with van der Waals surface area (Å²) in [6.07, 6.45) is 3.65. The van der Waals surface area contributed by atoms with Gasteiger partial charge in [-0.15, -0.1) is 11.3 Å². The van der Waals surface area contributed by atoms with E-state index in [-0.39, 0.29) is 13.0 Å². The van der Waals surface area contributed by atoms with Crippen LogP contribution in [0.2, 0.25) is 5.02 Å². The number of nitrogens with one attached hydrogen (secondary N) is 1. The average molecular weight is 350 g/mol. The van der Waals surface area contributed by atoms with E-state index in [0.29, 0.717) is 16.4 Å². The van der Waals surface area contributed by atoms with Gasteiger partial charge in [0.05, 0.1) is 12.1 Å². The summed E-state index contributed by atoms with van der Waals surface area (Å²) in [5, 5.41) is 5.02. The molecule has 0 saturated carbocycles. The van der Waals surface area contributed by atoms with Crippen molar-refractivity contribution in [1.29, 1.82) is 0 Å². The third kappa shape index (κ3) is 4.08. The van der Waals surface area contributed by atoms with Gasteiger partial charge in [-0.2, -0.15) is 0 Å². The lowest BCUT2D eigenvalue weighted by Gasteiger charge is -2.06. The van der Waals surface area contributed by atoms with Crippen LogP contribution in [0.5, 0.6) is 0 Å². The molecule has 0 unspecified atom stereocenters. The Morgan fingerprint density at radius 2 is 2.26 bits per heavy atom. The van der Waals surface area contributed by atoms with E-state index in [0.717, 1.165) is 4.96 Å². The van der Waals surface area contributed by atoms with E-state index >= 15 is 0 Å². The fourth-order valence-corrected chi connectivity index (χ4v) is 2.88. The second kappa shape index (κ2) is 6.80. The first-order chi connectivity index (χ1) is 11.1. The number of hydrogen-bond donors (Lipinski definition) is 1. The second-order valence-corrected chi connectivity index (χ2v) is 6.03. The lowest BCUT2D eigenvalue weighted by atomic mass is 10.3. The van der Waals surface area contributed by atoms with Crippen LogP contribution in [-0.4, -0.2) is 27.9 Å². The zero-order chi connectivity index (χ0) is 16.2. The number of halogens is 1. The summed E-state index contributed by atoms with van der Waals surface area (Å²) in [5.41, 5.74) is 1.16. The molecule has 23 heavy (non-hydrogen) atoms. The quantitative estimate of drug-likeness (QED) is 0.719. The first-order valence-corrected chi connectivity index (χ1v) is 7.98. The summed E-state index contributed by atoms with van der Waals surface area (Å²) >= 11 is 7.31. The van der Waals surface area contributed by atoms with Gasteiger partial charge in [0.2, 0.25) is 0 Å². The highest BCUT2D eigenvalue weighted by molar-refractivity contribution is 7.15. The highest BCUT2D eigenvalue weighted by atomic mass is 35.5. The lowest BCUT2D eigenvalue weighted by Crippen LogP contribution is -2.21. The standard InChI is InChI=1S/C15H12ClN3O3S/c16-10-2-1-3-11(6-10)17-13(20)9-22-14(21)7-12-8-19-4-5-23-15(19)18-12/h1-6,8H,7,9H2,(H,17,20). The molecule has 2 heterocycles. The molecule has 6 nitrogen and oxygen atoms in total. The van der Waals surface area contributed by atoms with E-state index in [1.54, 1.807) is 30.5 Å². The van der Waals surface area contributed by atoms with Crippen molar-refractivity contribution in [2.24, 2.45) is 0 Å². The summed E-state index contributed by atoms with van der Waals surface area (Å²) < 4.78 is 6.79. The minimum Gasteiger partial charge on any atom is -0.455 e. The highest BCUT2D eigenvalue weighted by Crippen LogP contribution is 2.15. The number of hydrogen-bond acceptors (Lipinski definition) is 5. The minimum atomic E-state index is -0.503. The molecule has 1 aromatic carbocycles. The van der Waals surface area contributed by atoms with Gasteiger partial charge in [0.1, 0.15) is 0 Å². The first-order valence-electron chi connectivity index (χ1n) is 6.72. The Morgan fingerprint density at radius 1 is 1.39 bits per heavy atom. The van der Waals surface area contributed by atoms with Crippen LogP contribution >= 0.6 is 22.9 Å². The molecule has 0 radical (unpaired) electrons. The van der Waals surface area contributed by atoms with Crippen LogP contribution < -0.4 is 5.32 Å². The summed E-state index contributed by atoms with van der Waals surface area (Å²) in [5.74, 6) is -0.927. The molecule has 8 heteroatoms. The Hall–Kier alpha value is -2.38. The van der Waals surface area contributed by atoms with Gasteiger partial charge in [0, 0.05) is 28.5 Å². The van der Waals surface area contributed by atoms with Gasteiger partial charge >= 0.3 is 5.97 Å². The summed E-state index contributed by atoms with van der Waals surface area (Å²) in [6, 6.07) is 6.73. The number of rotatable bonds is 5. The van der Waals surface area contributed by atoms with Crippen LogP contribution in [0.4, 0.5) is 5.69 Å². The average Bonchev–Trinajstić information content (AvgIpc) is 3.06. The predicted octanol–water partition coefficient (Wildman–Crippen LogP) is 2.77. The number of anilines is 1. The topological polar surface area (TPSA) is 72.7 Å². The number of esters is 1. The van der Waals surface area contributed by atoms with Crippen molar-refractivity contribution >= 4 is 45.5 Å². The molecule has 0 fully saturated rings. The Morgan fingerprint density at radius 3 is 3.04 bits per heavy atom. The Balaban J connectivity index is 1.48. The van der Waals surface area contributed by atoms with Crippen molar-refractivity contribution in [3.8, 4) is 0 Å². The molecule has 1 N–H and O–H groups in total. The van der Waals surface area contributed by atoms with Crippen LogP contribution in [0.3, 0.4) is 0 Å². The van der Waals surface area contributed by atoms with Crippen molar-refractivity contribution < 1.29 is 14.3 Å². The summed E-state index contributed by atoms with van der Waals surface area (Å²) in [6.45, 7) is -0.354. The number of carbonyl (C=O) groups excluding carboxylic acids is 2. The maximum atomic E-state index is 11.8. The lowest BCUT2D eigenvalue weighted by molar-refractivity contribution is -0.146. The van der Waals surface area contributed by atoms with Crippen LogP contribution in [0.15, 0.2) is 42.0 Å². The van der Waals surface area contributed by atoms with E-state index in [4.69, 9.17) is 16.3 Å². The molecule has 2 aromatic heterocycles. The second-order valence-electron chi connectivity index (χ2n) is 4.72. The Bertz CT molecular complexity index is 830. The SMILES string of the molecule is O=C(COC(=O)Cc1cn2ccsc2n1)Nc1cccc(Cl)c1. The molecule has 0 aliphatic carbocycles. The largest absolute Gasteiger partial charge is 0.455 e. The first kappa shape index (κ1) is 15.5. The van der Waals surface area contributed by atoms with Gasteiger partial charge in [0.25, 0.3) is 5.91 Å². The molecule has 1 amide bonds. The number of nitrogens with zero attached hydrogens (tertiary/aromatic N) is 2. The van der Waals surface area contributed by atoms with Crippen molar-refractivity contribution in [3.63, 3.8) is 0 Å². The number of ether oxygens (including phenoxy) is 1. The van der Waals surface area contributed by atoms with E-state index < -0.39 is 11.9 Å². The Kier molecular flexibility index (Phi) is 4.59. The van der Waals surface area contributed by atoms with Crippen LogP contribution in [0.1, 0.15) is 5.69 Å². The normalized spacial score (nSPS) is 10.7. The maximum absolute atomic E-state index is 11.8. The molecule has 0 spiro atoms. The van der Waals surface area contributed by atoms with Crippen molar-refractivity contribution in [2.45, 2.75) is 6.42 Å². The minimum absolute atomic E-state index is 0.0266. The molecule has 0 saturated heterocycles. The molecule has 0 bridgehead atoms. The van der Waals surface area contributed by atoms with Gasteiger partial charge < -0.3 is 10.1 Å². The molecule has 118 valence electrons. The summed E-state index contributed by atoms with van der Waals surface area (Å²) in [7, 11) is 0. The van der Waals surface area contributed by atoms with E-state index in [1.165, 1.54) is 11.3 Å². The fraction of sp³-hybridized carbons (Fsp3) is 0.133. The molecule has 0 aliphatic rings. The van der Waals surface area contributed by atoms with Crippen molar-refractivity contribution in [1.82, 2.24) is 9.38 Å². The smallest absolute Gasteiger partial charge is 0.312 e. The van der Waals surface area contributed by atoms with Crippen LogP contribution in [-0.2, 0) is 20.7 Å². The van der Waals surface area contributed by atoms with Crippen molar-refractivity contribution in [2.75, 3.05) is 11.9 Å². The third-order valence-electron chi connectivity index (χ3n) is 2.94. The van der Waals surface area contributed by atoms with E-state index in [1.807, 2.05) is 16.0 Å². The van der Waals surface area contributed by atoms with Gasteiger partial charge in [-0.05, 0) is 18.2 Å². The third-order valence-corrected chi connectivity index (χ3v) is 3.95. The number of thiazole rings is 1. The molecule has 0 aliphatic heterocycles. The van der Waals surface area contributed by atoms with Gasteiger partial charge in [-0.1, -0.05) is 17.7 Å². The maximum Gasteiger partial charge on any atom is 0.312 e. The zero-order valence-corrected chi connectivity index (χ0v) is 13.4. The highest BCUT2D eigenvalue weighted by Gasteiger charge is 2.12. The van der Waals surface area contributed by atoms with Gasteiger partial charge in [0.15, 0.2) is 11.6 Å². The number of amides is 1. The number of carbonyl (C=O) groups is 2. The van der Waals surface area contributed by atoms with E-state index in [9.17, 15) is 9.59 Å². The van der Waals surface area contributed by atoms with Crippen molar-refractivity contribution in [3.05, 3.63) is 52.8 Å². The predicted molar refractivity (Wildman–Crippen MR) is 87.8 cm³/mol. The zero-order valence-electron chi connectivity index (χ0n) is 11.9. The summed E-state index contributed by atoms with van der Waals surface area (Å²) in [4.78, 5) is 28.6. The molecule has 3 rings (SSSR count). The molecular weight excluding hydrogens is 338 g/mol. The Labute approximate surface area is 140 Å². The van der Waals surface area contributed by atoms with Crippen LogP contribution in [0, 0.1) is 0 Å². The van der Waals surface area contributed by atoms with Gasteiger partial charge in [-0.3, -0.25) is 14.0 Å². The van der Waals surface area contributed by atoms with E-state index in [2.05, 4.69) is 10.3 Å². The molecule has 0 atom stereocenters.